The fraction of sp³-hybridized carbons (Fsp3) is 0.242. The molecule has 0 aromatic heterocycles. The summed E-state index contributed by atoms with van der Waals surface area (Å²) in [5, 5.41) is 12.0. The fourth-order valence-electron chi connectivity index (χ4n) is 4.04. The van der Waals surface area contributed by atoms with Gasteiger partial charge in [0.05, 0.1) is 57.1 Å². The second-order valence-electron chi connectivity index (χ2n) is 8.96. The summed E-state index contributed by atoms with van der Waals surface area (Å²) in [6.07, 6.45) is 0. The normalized spacial score (nSPS) is 11.2. The third kappa shape index (κ3) is 9.29. The van der Waals surface area contributed by atoms with Crippen LogP contribution in [0.1, 0.15) is 10.4 Å². The summed E-state index contributed by atoms with van der Waals surface area (Å²) >= 11 is 0. The summed E-state index contributed by atoms with van der Waals surface area (Å²) in [4.78, 5) is 12.8. The maximum atomic E-state index is 12.8. The Morgan fingerprint density at radius 3 is 1.79 bits per heavy atom. The number of carbonyl (C=O) groups is 1. The maximum absolute atomic E-state index is 12.8. The van der Waals surface area contributed by atoms with E-state index < -0.39 is 7.92 Å². The van der Waals surface area contributed by atoms with E-state index >= 15 is 0 Å². The Bertz CT molecular complexity index is 1360. The molecule has 4 aromatic rings. The minimum Gasteiger partial charge on any atom is -0.491 e. The van der Waals surface area contributed by atoms with Crippen LogP contribution in [-0.4, -0.2) is 59.8 Å². The molecule has 0 aliphatic rings. The van der Waals surface area contributed by atoms with Crippen molar-refractivity contribution in [3.8, 4) is 5.75 Å². The van der Waals surface area contributed by atoms with Gasteiger partial charge in [-0.25, -0.2) is 4.79 Å². The van der Waals surface area contributed by atoms with E-state index in [0.717, 1.165) is 21.7 Å². The van der Waals surface area contributed by atoms with Crippen LogP contribution >= 0.6 is 7.92 Å². The van der Waals surface area contributed by atoms with Crippen molar-refractivity contribution >= 4 is 41.2 Å². The molecule has 0 aliphatic heterocycles. The van der Waals surface area contributed by atoms with Gasteiger partial charge in [-0.2, -0.15) is 10.2 Å². The second kappa shape index (κ2) is 17.1. The van der Waals surface area contributed by atoms with Gasteiger partial charge in [-0.15, -0.1) is 0 Å². The highest BCUT2D eigenvalue weighted by atomic mass is 31.1. The number of rotatable bonds is 16. The molecule has 0 amide bonds. The molecule has 0 unspecified atom stereocenters. The molecule has 0 N–H and O–H groups in total. The van der Waals surface area contributed by atoms with Crippen molar-refractivity contribution in [3.63, 3.8) is 0 Å². The first-order valence-corrected chi connectivity index (χ1v) is 15.0. The quantitative estimate of drug-likeness (QED) is 0.0724. The molecule has 8 nitrogen and oxygen atoms in total. The first-order valence-electron chi connectivity index (χ1n) is 13.6. The van der Waals surface area contributed by atoms with E-state index in [1.165, 1.54) is 7.11 Å². The molecular weight excluding hydrogens is 551 g/mol. The van der Waals surface area contributed by atoms with Crippen LogP contribution in [0.5, 0.6) is 5.75 Å². The van der Waals surface area contributed by atoms with Crippen LogP contribution in [0, 0.1) is 0 Å². The Morgan fingerprint density at radius 2 is 1.19 bits per heavy atom. The second-order valence-corrected chi connectivity index (χ2v) is 11.1. The van der Waals surface area contributed by atoms with Crippen molar-refractivity contribution in [2.45, 2.75) is 0 Å². The highest BCUT2D eigenvalue weighted by molar-refractivity contribution is 7.80. The zero-order valence-electron chi connectivity index (χ0n) is 23.8. The van der Waals surface area contributed by atoms with E-state index in [-0.39, 0.29) is 5.97 Å². The van der Waals surface area contributed by atoms with Gasteiger partial charge in [-0.05, 0) is 61.0 Å². The molecule has 0 spiro atoms. The van der Waals surface area contributed by atoms with Crippen LogP contribution in [0.15, 0.2) is 113 Å². The number of methoxy groups -OCH3 is 2. The zero-order valence-corrected chi connectivity index (χ0v) is 24.7. The lowest BCUT2D eigenvalue weighted by Gasteiger charge is -2.21. The topological polar surface area (TPSA) is 87.9 Å². The molecule has 4 rings (SSSR count). The largest absolute Gasteiger partial charge is 0.491 e. The van der Waals surface area contributed by atoms with E-state index in [0.29, 0.717) is 56.6 Å². The molecule has 0 saturated heterocycles. The van der Waals surface area contributed by atoms with Gasteiger partial charge < -0.3 is 23.7 Å². The predicted octanol–water partition coefficient (Wildman–Crippen LogP) is 5.71. The van der Waals surface area contributed by atoms with Crippen molar-refractivity contribution in [2.75, 3.05) is 53.9 Å². The molecule has 0 saturated carbocycles. The van der Waals surface area contributed by atoms with Crippen molar-refractivity contribution in [1.29, 1.82) is 0 Å². The van der Waals surface area contributed by atoms with Crippen molar-refractivity contribution in [1.82, 2.24) is 0 Å². The molecule has 9 heteroatoms. The summed E-state index contributed by atoms with van der Waals surface area (Å²) in [5.41, 5.74) is 1.83. The number of carbonyl (C=O) groups excluding carboxylic acids is 1. The lowest BCUT2D eigenvalue weighted by Crippen LogP contribution is -2.25. The SMILES string of the molecule is COCCOCCOCCOc1ccc(N=Nc2ccc(C(=O)OC)c(P(c3ccccc3)c3ccccc3)c2)cc1. The monoisotopic (exact) mass is 586 g/mol. The van der Waals surface area contributed by atoms with Crippen LogP contribution in [0.2, 0.25) is 0 Å². The standard InChI is InChI=1S/C33H35N2O6P/c1-37-19-20-39-21-22-40-23-24-41-28-16-13-26(14-17-28)34-35-27-15-18-31(33(36)38-2)32(25-27)42(29-9-5-3-6-10-29)30-11-7-4-8-12-30/h3-18,25H,19-24H2,1-2H3. The first-order chi connectivity index (χ1) is 20.7. The number of esters is 1. The highest BCUT2D eigenvalue weighted by Crippen LogP contribution is 2.36. The van der Waals surface area contributed by atoms with Gasteiger partial charge in [0.25, 0.3) is 0 Å². The summed E-state index contributed by atoms with van der Waals surface area (Å²) < 4.78 is 26.7. The number of nitrogens with zero attached hydrogens (tertiary/aromatic N) is 2. The van der Waals surface area contributed by atoms with Gasteiger partial charge in [0, 0.05) is 12.4 Å². The summed E-state index contributed by atoms with van der Waals surface area (Å²) in [6, 6.07) is 33.2. The third-order valence-corrected chi connectivity index (χ3v) is 8.56. The Hall–Kier alpha value is -3.94. The minimum absolute atomic E-state index is 0.385. The Labute approximate surface area is 248 Å². The molecule has 42 heavy (non-hydrogen) atoms. The number of benzene rings is 4. The van der Waals surface area contributed by atoms with Crippen LogP contribution in [0.4, 0.5) is 11.4 Å². The van der Waals surface area contributed by atoms with Gasteiger partial charge >= 0.3 is 5.97 Å². The van der Waals surface area contributed by atoms with Gasteiger partial charge in [0.15, 0.2) is 0 Å². The zero-order chi connectivity index (χ0) is 29.4. The molecule has 218 valence electrons. The smallest absolute Gasteiger partial charge is 0.338 e. The van der Waals surface area contributed by atoms with Crippen LogP contribution < -0.4 is 20.7 Å². The molecule has 0 aliphatic carbocycles. The molecule has 0 bridgehead atoms. The van der Waals surface area contributed by atoms with E-state index in [1.807, 2.05) is 66.7 Å². The van der Waals surface area contributed by atoms with Crippen molar-refractivity contribution in [3.05, 3.63) is 109 Å². The van der Waals surface area contributed by atoms with Crippen molar-refractivity contribution in [2.24, 2.45) is 10.2 Å². The first kappa shape index (κ1) is 31.0. The van der Waals surface area contributed by atoms with Gasteiger partial charge in [-0.1, -0.05) is 60.7 Å². The summed E-state index contributed by atoms with van der Waals surface area (Å²) in [5.74, 6) is 0.333. The van der Waals surface area contributed by atoms with Gasteiger partial charge in [0.2, 0.25) is 0 Å². The van der Waals surface area contributed by atoms with E-state index in [1.54, 1.807) is 19.2 Å². The fourth-order valence-corrected chi connectivity index (χ4v) is 6.50. The molecule has 0 atom stereocenters. The predicted molar refractivity (Wildman–Crippen MR) is 166 cm³/mol. The maximum Gasteiger partial charge on any atom is 0.338 e. The average molecular weight is 587 g/mol. The number of ether oxygens (including phenoxy) is 5. The molecule has 0 fully saturated rings. The Morgan fingerprint density at radius 1 is 0.643 bits per heavy atom. The highest BCUT2D eigenvalue weighted by Gasteiger charge is 2.23. The minimum atomic E-state index is -1.05. The number of azo groups is 1. The third-order valence-electron chi connectivity index (χ3n) is 6.07. The molecular formula is C33H35N2O6P. The van der Waals surface area contributed by atoms with E-state index in [4.69, 9.17) is 23.7 Å². The Balaban J connectivity index is 1.45. The lowest BCUT2D eigenvalue weighted by atomic mass is 10.2. The molecule has 4 aromatic carbocycles. The lowest BCUT2D eigenvalue weighted by molar-refractivity contribution is 0.0180. The summed E-state index contributed by atoms with van der Waals surface area (Å²) in [7, 11) is 1.99. The Kier molecular flexibility index (Phi) is 12.6. The van der Waals surface area contributed by atoms with Gasteiger partial charge in [-0.3, -0.25) is 0 Å². The average Bonchev–Trinajstić information content (AvgIpc) is 3.04. The van der Waals surface area contributed by atoms with Crippen LogP contribution in [0.3, 0.4) is 0 Å². The van der Waals surface area contributed by atoms with E-state index in [2.05, 4.69) is 34.5 Å². The van der Waals surface area contributed by atoms with E-state index in [9.17, 15) is 4.79 Å². The van der Waals surface area contributed by atoms with Crippen LogP contribution in [0.25, 0.3) is 0 Å². The number of hydrogen-bond acceptors (Lipinski definition) is 8. The number of hydrogen-bond donors (Lipinski definition) is 0. The molecule has 0 heterocycles. The molecule has 0 radical (unpaired) electrons. The van der Waals surface area contributed by atoms with Crippen molar-refractivity contribution < 1.29 is 28.5 Å². The van der Waals surface area contributed by atoms with Gasteiger partial charge in [0.1, 0.15) is 12.4 Å². The van der Waals surface area contributed by atoms with Crippen LogP contribution in [-0.2, 0) is 18.9 Å². The summed E-state index contributed by atoms with van der Waals surface area (Å²) in [6.45, 7) is 3.06.